The number of hydrogen-bond donors (Lipinski definition) is 1. The van der Waals surface area contributed by atoms with Gasteiger partial charge in [-0.25, -0.2) is 9.18 Å². The SMILES string of the molecule is CC(C)CCC(C)OC(=O)c1ccc(O)cc1F. The molecule has 100 valence electrons. The number of benzene rings is 1. The molecule has 0 spiro atoms. The highest BCUT2D eigenvalue weighted by Crippen LogP contribution is 2.17. The molecule has 0 amide bonds. The summed E-state index contributed by atoms with van der Waals surface area (Å²) >= 11 is 0. The third-order valence-electron chi connectivity index (χ3n) is 2.63. The molecule has 0 radical (unpaired) electrons. The number of esters is 1. The number of hydrogen-bond acceptors (Lipinski definition) is 3. The van der Waals surface area contributed by atoms with Crippen molar-refractivity contribution >= 4 is 5.97 Å². The number of carbonyl (C=O) groups is 1. The van der Waals surface area contributed by atoms with Crippen LogP contribution in [-0.4, -0.2) is 17.2 Å². The van der Waals surface area contributed by atoms with Crippen molar-refractivity contribution in [3.8, 4) is 5.75 Å². The fourth-order valence-corrected chi connectivity index (χ4v) is 1.54. The van der Waals surface area contributed by atoms with Crippen LogP contribution in [0.1, 0.15) is 44.0 Å². The van der Waals surface area contributed by atoms with Crippen LogP contribution in [0.3, 0.4) is 0 Å². The van der Waals surface area contributed by atoms with Gasteiger partial charge in [0.25, 0.3) is 0 Å². The first-order chi connectivity index (χ1) is 8.40. The second-order valence-electron chi connectivity index (χ2n) is 4.85. The summed E-state index contributed by atoms with van der Waals surface area (Å²) in [5.74, 6) is -1.13. The number of ether oxygens (including phenoxy) is 1. The molecule has 1 unspecified atom stereocenters. The molecular formula is C14H19FO3. The van der Waals surface area contributed by atoms with Gasteiger partial charge in [-0.3, -0.25) is 0 Å². The smallest absolute Gasteiger partial charge is 0.341 e. The molecule has 0 aliphatic carbocycles. The predicted octanol–water partition coefficient (Wildman–Crippen LogP) is 3.51. The van der Waals surface area contributed by atoms with Gasteiger partial charge in [-0.15, -0.1) is 0 Å². The average molecular weight is 254 g/mol. The maximum Gasteiger partial charge on any atom is 0.341 e. The number of halogens is 1. The van der Waals surface area contributed by atoms with Gasteiger partial charge in [0.1, 0.15) is 11.6 Å². The van der Waals surface area contributed by atoms with Crippen LogP contribution < -0.4 is 0 Å². The lowest BCUT2D eigenvalue weighted by Crippen LogP contribution is -2.16. The largest absolute Gasteiger partial charge is 0.508 e. The van der Waals surface area contributed by atoms with E-state index in [-0.39, 0.29) is 17.4 Å². The van der Waals surface area contributed by atoms with Crippen LogP contribution in [0.4, 0.5) is 4.39 Å². The van der Waals surface area contributed by atoms with E-state index in [1.807, 2.05) is 0 Å². The summed E-state index contributed by atoms with van der Waals surface area (Å²) in [4.78, 5) is 11.7. The second kappa shape index (κ2) is 6.38. The van der Waals surface area contributed by atoms with Gasteiger partial charge in [-0.2, -0.15) is 0 Å². The zero-order chi connectivity index (χ0) is 13.7. The zero-order valence-electron chi connectivity index (χ0n) is 10.9. The highest BCUT2D eigenvalue weighted by molar-refractivity contribution is 5.89. The lowest BCUT2D eigenvalue weighted by atomic mass is 10.1. The van der Waals surface area contributed by atoms with Gasteiger partial charge in [0.15, 0.2) is 0 Å². The first-order valence-electron chi connectivity index (χ1n) is 6.09. The van der Waals surface area contributed by atoms with Crippen LogP contribution in [0, 0.1) is 11.7 Å². The van der Waals surface area contributed by atoms with E-state index in [4.69, 9.17) is 9.84 Å². The molecular weight excluding hydrogens is 235 g/mol. The van der Waals surface area contributed by atoms with Crippen molar-refractivity contribution < 1.29 is 19.0 Å². The van der Waals surface area contributed by atoms with E-state index >= 15 is 0 Å². The van der Waals surface area contributed by atoms with E-state index < -0.39 is 11.8 Å². The van der Waals surface area contributed by atoms with Crippen LogP contribution >= 0.6 is 0 Å². The van der Waals surface area contributed by atoms with Gasteiger partial charge in [-0.05, 0) is 37.8 Å². The van der Waals surface area contributed by atoms with E-state index in [1.165, 1.54) is 12.1 Å². The molecule has 1 rings (SSSR count). The maximum atomic E-state index is 13.4. The highest BCUT2D eigenvalue weighted by atomic mass is 19.1. The van der Waals surface area contributed by atoms with Crippen molar-refractivity contribution in [1.29, 1.82) is 0 Å². The molecule has 1 aromatic carbocycles. The number of carbonyl (C=O) groups excluding carboxylic acids is 1. The zero-order valence-corrected chi connectivity index (χ0v) is 10.9. The minimum Gasteiger partial charge on any atom is -0.508 e. The van der Waals surface area contributed by atoms with E-state index in [9.17, 15) is 9.18 Å². The number of phenolic OH excluding ortho intramolecular Hbond substituents is 1. The van der Waals surface area contributed by atoms with Crippen LogP contribution in [0.15, 0.2) is 18.2 Å². The molecule has 0 bridgehead atoms. The van der Waals surface area contributed by atoms with Crippen molar-refractivity contribution in [3.63, 3.8) is 0 Å². The Morgan fingerprint density at radius 1 is 1.33 bits per heavy atom. The summed E-state index contributed by atoms with van der Waals surface area (Å²) in [5, 5.41) is 9.05. The Hall–Kier alpha value is -1.58. The summed E-state index contributed by atoms with van der Waals surface area (Å²) in [7, 11) is 0. The molecule has 1 N–H and O–H groups in total. The van der Waals surface area contributed by atoms with Crippen LogP contribution in [-0.2, 0) is 4.74 Å². The minimum atomic E-state index is -0.768. The van der Waals surface area contributed by atoms with Gasteiger partial charge < -0.3 is 9.84 Å². The standard InChI is InChI=1S/C14H19FO3/c1-9(2)4-5-10(3)18-14(17)12-7-6-11(16)8-13(12)15/h6-10,16H,4-5H2,1-3H3. The fourth-order valence-electron chi connectivity index (χ4n) is 1.54. The summed E-state index contributed by atoms with van der Waals surface area (Å²) in [6.45, 7) is 5.97. The molecule has 0 heterocycles. The number of phenols is 1. The molecule has 3 nitrogen and oxygen atoms in total. The summed E-state index contributed by atoms with van der Waals surface area (Å²) in [6.07, 6.45) is 1.46. The Labute approximate surface area is 107 Å². The van der Waals surface area contributed by atoms with E-state index in [0.717, 1.165) is 18.9 Å². The summed E-state index contributed by atoms with van der Waals surface area (Å²) < 4.78 is 18.6. The number of aromatic hydroxyl groups is 1. The fraction of sp³-hybridized carbons (Fsp3) is 0.500. The van der Waals surface area contributed by atoms with Crippen molar-refractivity contribution in [2.75, 3.05) is 0 Å². The van der Waals surface area contributed by atoms with Crippen molar-refractivity contribution in [2.45, 2.75) is 39.7 Å². The molecule has 0 saturated heterocycles. The third-order valence-corrected chi connectivity index (χ3v) is 2.63. The van der Waals surface area contributed by atoms with Gasteiger partial charge in [0, 0.05) is 6.07 Å². The molecule has 0 saturated carbocycles. The van der Waals surface area contributed by atoms with E-state index in [0.29, 0.717) is 5.92 Å². The molecule has 0 aliphatic heterocycles. The quantitative estimate of drug-likeness (QED) is 0.818. The normalized spacial score (nSPS) is 12.5. The molecule has 0 fully saturated rings. The summed E-state index contributed by atoms with van der Waals surface area (Å²) in [5.41, 5.74) is -0.149. The van der Waals surface area contributed by atoms with Crippen LogP contribution in [0.2, 0.25) is 0 Å². The first-order valence-corrected chi connectivity index (χ1v) is 6.09. The van der Waals surface area contributed by atoms with Crippen molar-refractivity contribution in [2.24, 2.45) is 5.92 Å². The van der Waals surface area contributed by atoms with Crippen LogP contribution in [0.5, 0.6) is 5.75 Å². The van der Waals surface area contributed by atoms with Crippen molar-refractivity contribution in [1.82, 2.24) is 0 Å². The van der Waals surface area contributed by atoms with E-state index in [1.54, 1.807) is 6.92 Å². The molecule has 0 aromatic heterocycles. The molecule has 4 heteroatoms. The molecule has 1 aromatic rings. The Kier molecular flexibility index (Phi) is 5.13. The average Bonchev–Trinajstić information content (AvgIpc) is 2.26. The number of rotatable bonds is 5. The van der Waals surface area contributed by atoms with Gasteiger partial charge in [0.05, 0.1) is 11.7 Å². The van der Waals surface area contributed by atoms with Gasteiger partial charge in [0.2, 0.25) is 0 Å². The summed E-state index contributed by atoms with van der Waals surface area (Å²) in [6, 6.07) is 3.38. The Morgan fingerprint density at radius 3 is 2.56 bits per heavy atom. The molecule has 18 heavy (non-hydrogen) atoms. The predicted molar refractivity (Wildman–Crippen MR) is 67.0 cm³/mol. The molecule has 0 aliphatic rings. The van der Waals surface area contributed by atoms with Gasteiger partial charge in [-0.1, -0.05) is 13.8 Å². The maximum absolute atomic E-state index is 13.4. The minimum absolute atomic E-state index is 0.149. The lowest BCUT2D eigenvalue weighted by molar-refractivity contribution is 0.0308. The lowest BCUT2D eigenvalue weighted by Gasteiger charge is -2.14. The first kappa shape index (κ1) is 14.5. The highest BCUT2D eigenvalue weighted by Gasteiger charge is 2.16. The van der Waals surface area contributed by atoms with Gasteiger partial charge >= 0.3 is 5.97 Å². The van der Waals surface area contributed by atoms with Crippen molar-refractivity contribution in [3.05, 3.63) is 29.6 Å². The van der Waals surface area contributed by atoms with Crippen LogP contribution in [0.25, 0.3) is 0 Å². The Morgan fingerprint density at radius 2 is 2.00 bits per heavy atom. The monoisotopic (exact) mass is 254 g/mol. The Bertz CT molecular complexity index is 416. The topological polar surface area (TPSA) is 46.5 Å². The van der Waals surface area contributed by atoms with E-state index in [2.05, 4.69) is 13.8 Å². The second-order valence-corrected chi connectivity index (χ2v) is 4.85. The molecule has 1 atom stereocenters. The third kappa shape index (κ3) is 4.35. The Balaban J connectivity index is 2.59.